The number of hydrogen-bond donors (Lipinski definition) is 1. The van der Waals surface area contributed by atoms with E-state index in [0.29, 0.717) is 0 Å². The van der Waals surface area contributed by atoms with Crippen molar-refractivity contribution >= 4 is 16.7 Å². The molecule has 0 unspecified atom stereocenters. The first-order chi connectivity index (χ1) is 13.0. The van der Waals surface area contributed by atoms with Gasteiger partial charge in [0, 0.05) is 7.05 Å². The number of aromatic nitrogens is 2. The number of para-hydroxylation sites is 1. The average Bonchev–Trinajstić information content (AvgIpc) is 2.67. The average molecular weight is 371 g/mol. The van der Waals surface area contributed by atoms with Gasteiger partial charge in [-0.25, -0.2) is 9.07 Å². The molecule has 0 aliphatic heterocycles. The Kier molecular flexibility index (Phi) is 5.35. The van der Waals surface area contributed by atoms with Crippen molar-refractivity contribution in [2.45, 2.75) is 6.54 Å². The first-order valence-electron chi connectivity index (χ1n) is 8.30. The van der Waals surface area contributed by atoms with Crippen LogP contribution >= 0.6 is 0 Å². The lowest BCUT2D eigenvalue weighted by molar-refractivity contribution is -0.131. The highest BCUT2D eigenvalue weighted by Gasteiger charge is 2.14. The number of H-pyrrole nitrogens is 1. The number of nitrogens with one attached hydrogen (secondary N) is 1. The van der Waals surface area contributed by atoms with Crippen LogP contribution in [-0.4, -0.2) is 40.8 Å². The summed E-state index contributed by atoms with van der Waals surface area (Å²) in [6.45, 7) is -0.0266. The lowest BCUT2D eigenvalue weighted by atomic mass is 10.2. The summed E-state index contributed by atoms with van der Waals surface area (Å²) in [5.74, 6) is -0.764. The van der Waals surface area contributed by atoms with Crippen LogP contribution in [0.1, 0.15) is 0 Å². The molecule has 0 saturated heterocycles. The molecule has 1 aromatic heterocycles. The third-order valence-electron chi connectivity index (χ3n) is 4.12. The molecule has 140 valence electrons. The first kappa shape index (κ1) is 18.4. The molecule has 0 aliphatic carbocycles. The van der Waals surface area contributed by atoms with Crippen molar-refractivity contribution in [1.29, 1.82) is 0 Å². The maximum absolute atomic E-state index is 13.5. The van der Waals surface area contributed by atoms with E-state index < -0.39 is 16.9 Å². The molecule has 8 heteroatoms. The maximum atomic E-state index is 13.5. The van der Waals surface area contributed by atoms with Gasteiger partial charge in [-0.05, 0) is 24.3 Å². The van der Waals surface area contributed by atoms with Gasteiger partial charge in [0.15, 0.2) is 11.6 Å². The van der Waals surface area contributed by atoms with E-state index >= 15 is 0 Å². The van der Waals surface area contributed by atoms with E-state index in [4.69, 9.17) is 4.74 Å². The Balaban J connectivity index is 1.66. The van der Waals surface area contributed by atoms with Gasteiger partial charge in [-0.3, -0.25) is 19.5 Å². The summed E-state index contributed by atoms with van der Waals surface area (Å²) in [7, 11) is 1.54. The molecular weight excluding hydrogens is 353 g/mol. The highest BCUT2D eigenvalue weighted by atomic mass is 19.1. The van der Waals surface area contributed by atoms with Gasteiger partial charge in [0.2, 0.25) is 5.91 Å². The molecular formula is C19H18FN3O4. The molecule has 0 bridgehead atoms. The summed E-state index contributed by atoms with van der Waals surface area (Å²) >= 11 is 0. The number of benzene rings is 2. The number of likely N-dealkylation sites (N-methyl/N-ethyl adjacent to an activating group) is 1. The second kappa shape index (κ2) is 7.86. The molecule has 0 atom stereocenters. The first-order valence-corrected chi connectivity index (χ1v) is 8.30. The summed E-state index contributed by atoms with van der Waals surface area (Å²) in [5, 5.41) is 2.94. The molecule has 7 nitrogen and oxygen atoms in total. The molecule has 0 saturated carbocycles. The fourth-order valence-corrected chi connectivity index (χ4v) is 2.59. The lowest BCUT2D eigenvalue weighted by Crippen LogP contribution is -2.39. The Morgan fingerprint density at radius 1 is 1.11 bits per heavy atom. The predicted octanol–water partition coefficient (Wildman–Crippen LogP) is 1.37. The van der Waals surface area contributed by atoms with E-state index in [1.807, 2.05) is 0 Å². The standard InChI is InChI=1S/C19H18FN3O4/c1-22(10-11-27-16-9-5-4-8-15(16)20)17(24)12-23-19(26)14-7-3-2-6-13(14)18(25)21-23/h2-9H,10-12H2,1H3,(H,21,25). The number of carbonyl (C=O) groups is 1. The van der Waals surface area contributed by atoms with Crippen LogP contribution in [0.5, 0.6) is 5.75 Å². The minimum atomic E-state index is -0.480. The van der Waals surface area contributed by atoms with Crippen LogP contribution in [0.2, 0.25) is 0 Å². The van der Waals surface area contributed by atoms with Crippen LogP contribution in [0, 0.1) is 5.82 Å². The number of aromatic amines is 1. The number of nitrogens with zero attached hydrogens (tertiary/aromatic N) is 2. The molecule has 0 spiro atoms. The van der Waals surface area contributed by atoms with Crippen molar-refractivity contribution in [3.8, 4) is 5.75 Å². The summed E-state index contributed by atoms with van der Waals surface area (Å²) < 4.78 is 19.8. The van der Waals surface area contributed by atoms with E-state index in [9.17, 15) is 18.8 Å². The zero-order valence-corrected chi connectivity index (χ0v) is 14.6. The van der Waals surface area contributed by atoms with Crippen LogP contribution in [0.25, 0.3) is 10.8 Å². The fraction of sp³-hybridized carbons (Fsp3) is 0.211. The zero-order valence-electron chi connectivity index (χ0n) is 14.6. The summed E-state index contributed by atoms with van der Waals surface area (Å²) in [5.41, 5.74) is -0.891. The van der Waals surface area contributed by atoms with E-state index in [0.717, 1.165) is 4.68 Å². The Labute approximate surface area is 153 Å². The Hall–Kier alpha value is -3.42. The van der Waals surface area contributed by atoms with Crippen LogP contribution in [0.15, 0.2) is 58.1 Å². The summed E-state index contributed by atoms with van der Waals surface area (Å²) in [6, 6.07) is 12.4. The van der Waals surface area contributed by atoms with Gasteiger partial charge in [-0.1, -0.05) is 24.3 Å². The minimum Gasteiger partial charge on any atom is -0.489 e. The predicted molar refractivity (Wildman–Crippen MR) is 98.4 cm³/mol. The Morgan fingerprint density at radius 3 is 2.52 bits per heavy atom. The van der Waals surface area contributed by atoms with Crippen LogP contribution in [0.3, 0.4) is 0 Å². The lowest BCUT2D eigenvalue weighted by Gasteiger charge is -2.18. The number of carbonyl (C=O) groups excluding carboxylic acids is 1. The molecule has 0 aliphatic rings. The van der Waals surface area contributed by atoms with Gasteiger partial charge in [0.1, 0.15) is 13.2 Å². The largest absolute Gasteiger partial charge is 0.489 e. The van der Waals surface area contributed by atoms with Gasteiger partial charge >= 0.3 is 0 Å². The number of rotatable bonds is 6. The van der Waals surface area contributed by atoms with Crippen molar-refractivity contribution in [2.24, 2.45) is 0 Å². The van der Waals surface area contributed by atoms with Crippen molar-refractivity contribution in [3.05, 3.63) is 75.1 Å². The van der Waals surface area contributed by atoms with E-state index in [-0.39, 0.29) is 42.1 Å². The van der Waals surface area contributed by atoms with E-state index in [2.05, 4.69) is 5.10 Å². The fourth-order valence-electron chi connectivity index (χ4n) is 2.59. The topological polar surface area (TPSA) is 84.4 Å². The van der Waals surface area contributed by atoms with Gasteiger partial charge in [-0.15, -0.1) is 0 Å². The molecule has 2 aromatic carbocycles. The van der Waals surface area contributed by atoms with Crippen LogP contribution in [-0.2, 0) is 11.3 Å². The smallest absolute Gasteiger partial charge is 0.273 e. The van der Waals surface area contributed by atoms with Gasteiger partial charge < -0.3 is 9.64 Å². The molecule has 1 N–H and O–H groups in total. The third-order valence-corrected chi connectivity index (χ3v) is 4.12. The molecule has 3 rings (SSSR count). The van der Waals surface area contributed by atoms with E-state index in [1.165, 1.54) is 24.1 Å². The maximum Gasteiger partial charge on any atom is 0.273 e. The van der Waals surface area contributed by atoms with Crippen molar-refractivity contribution in [1.82, 2.24) is 14.7 Å². The quantitative estimate of drug-likeness (QED) is 0.709. The van der Waals surface area contributed by atoms with Crippen LogP contribution < -0.4 is 15.9 Å². The zero-order chi connectivity index (χ0) is 19.4. The molecule has 3 aromatic rings. The number of hydrogen-bond acceptors (Lipinski definition) is 4. The molecule has 0 fully saturated rings. The molecule has 0 radical (unpaired) electrons. The van der Waals surface area contributed by atoms with Crippen molar-refractivity contribution in [2.75, 3.05) is 20.2 Å². The van der Waals surface area contributed by atoms with Crippen molar-refractivity contribution < 1.29 is 13.9 Å². The number of amides is 1. The van der Waals surface area contributed by atoms with Gasteiger partial charge in [0.05, 0.1) is 17.3 Å². The van der Waals surface area contributed by atoms with Crippen molar-refractivity contribution in [3.63, 3.8) is 0 Å². The highest BCUT2D eigenvalue weighted by Crippen LogP contribution is 2.15. The Morgan fingerprint density at radius 2 is 1.78 bits per heavy atom. The normalized spacial score (nSPS) is 10.7. The third kappa shape index (κ3) is 4.05. The number of ether oxygens (including phenoxy) is 1. The second-order valence-electron chi connectivity index (χ2n) is 5.97. The molecule has 27 heavy (non-hydrogen) atoms. The number of fused-ring (bicyclic) bond motifs is 1. The minimum absolute atomic E-state index is 0.0896. The van der Waals surface area contributed by atoms with E-state index in [1.54, 1.807) is 36.4 Å². The molecule has 1 heterocycles. The van der Waals surface area contributed by atoms with Gasteiger partial charge in [-0.2, -0.15) is 0 Å². The summed E-state index contributed by atoms with van der Waals surface area (Å²) in [6.07, 6.45) is 0. The Bertz CT molecular complexity index is 1090. The second-order valence-corrected chi connectivity index (χ2v) is 5.97. The highest BCUT2D eigenvalue weighted by molar-refractivity contribution is 5.81. The number of halogens is 1. The van der Waals surface area contributed by atoms with Crippen LogP contribution in [0.4, 0.5) is 4.39 Å². The summed E-state index contributed by atoms with van der Waals surface area (Å²) in [4.78, 5) is 38.2. The molecule has 1 amide bonds. The SMILES string of the molecule is CN(CCOc1ccccc1F)C(=O)Cn1[nH]c(=O)c2ccccc2c1=O. The van der Waals surface area contributed by atoms with Gasteiger partial charge in [0.25, 0.3) is 11.1 Å². The monoisotopic (exact) mass is 371 g/mol.